The summed E-state index contributed by atoms with van der Waals surface area (Å²) in [7, 11) is 0. The molecule has 2 aromatic carbocycles. The summed E-state index contributed by atoms with van der Waals surface area (Å²) in [6, 6.07) is 14.6. The van der Waals surface area contributed by atoms with Crippen molar-refractivity contribution in [2.45, 2.75) is 33.6 Å². The van der Waals surface area contributed by atoms with Gasteiger partial charge in [-0.05, 0) is 0 Å². The van der Waals surface area contributed by atoms with Gasteiger partial charge in [0.2, 0.25) is 0 Å². The van der Waals surface area contributed by atoms with Crippen LogP contribution in [0.1, 0.15) is 29.5 Å². The monoisotopic (exact) mass is 435 g/mol. The van der Waals surface area contributed by atoms with Crippen molar-refractivity contribution < 1.29 is 4.79 Å². The molecule has 0 bridgehead atoms. The Kier molecular flexibility index (Phi) is 6.97. The first-order valence-electron chi connectivity index (χ1n) is 8.05. The van der Waals surface area contributed by atoms with Crippen molar-refractivity contribution >= 4 is 39.8 Å². The summed E-state index contributed by atoms with van der Waals surface area (Å²) in [5, 5.41) is 0. The summed E-state index contributed by atoms with van der Waals surface area (Å²) < 4.78 is 1.99. The van der Waals surface area contributed by atoms with Crippen LogP contribution in [0.25, 0.3) is 0 Å². The van der Waals surface area contributed by atoms with Gasteiger partial charge in [-0.2, -0.15) is 0 Å². The predicted molar refractivity (Wildman–Crippen MR) is 104 cm³/mol. The van der Waals surface area contributed by atoms with Crippen LogP contribution in [0.15, 0.2) is 60.1 Å². The van der Waals surface area contributed by atoms with Crippen LogP contribution in [0.3, 0.4) is 0 Å². The van der Waals surface area contributed by atoms with Crippen molar-refractivity contribution in [3.63, 3.8) is 0 Å². The zero-order valence-electron chi connectivity index (χ0n) is 14.5. The second-order valence-electron chi connectivity index (χ2n) is 5.82. The molecule has 0 unspecified atom stereocenters. The Morgan fingerprint density at radius 2 is 1.71 bits per heavy atom. The van der Waals surface area contributed by atoms with Crippen LogP contribution in [-0.4, -0.2) is 30.5 Å². The number of carbonyl (C=O) groups is 1. The molecule has 0 aliphatic heterocycles. The van der Waals surface area contributed by atoms with Crippen molar-refractivity contribution in [1.29, 1.82) is 0 Å². The molecule has 0 amide bonds. The molecule has 2 aromatic rings. The summed E-state index contributed by atoms with van der Waals surface area (Å²) in [4.78, 5) is 17.5. The molecule has 2 rings (SSSR count). The Balaban J connectivity index is 2.38. The molecule has 0 saturated carbocycles. The molecule has 0 aliphatic carbocycles. The van der Waals surface area contributed by atoms with Crippen molar-refractivity contribution in [2.75, 3.05) is 0 Å². The van der Waals surface area contributed by atoms with E-state index >= 15 is 0 Å². The van der Waals surface area contributed by atoms with Crippen LogP contribution in [0.5, 0.6) is 0 Å². The Labute approximate surface area is 154 Å². The van der Waals surface area contributed by atoms with E-state index in [1.165, 1.54) is 9.17 Å². The van der Waals surface area contributed by atoms with Gasteiger partial charge in [0.25, 0.3) is 0 Å². The number of rotatable bonds is 7. The number of benzene rings is 2. The Morgan fingerprint density at radius 3 is 2.29 bits per heavy atom. The van der Waals surface area contributed by atoms with Gasteiger partial charge in [-0.3, -0.25) is 0 Å². The van der Waals surface area contributed by atoms with Gasteiger partial charge in [0.05, 0.1) is 0 Å². The third-order valence-corrected chi connectivity index (χ3v) is 6.61. The number of Topliss-reactive ketones (excluding diaryl/α,β-unsaturated/α-hetero) is 1. The number of nitrogens with zero attached hydrogens (tertiary/aromatic N) is 1. The van der Waals surface area contributed by atoms with E-state index < -0.39 is 20.9 Å². The fourth-order valence-corrected chi connectivity index (χ4v) is 4.70. The fraction of sp³-hybridized carbons (Fsp3) is 0.238. The zero-order valence-corrected chi connectivity index (χ0v) is 16.8. The van der Waals surface area contributed by atoms with Crippen molar-refractivity contribution in [1.82, 2.24) is 0 Å². The Hall–Kier alpha value is -1.69. The van der Waals surface area contributed by atoms with Crippen LogP contribution in [0.2, 0.25) is 0 Å². The summed E-state index contributed by atoms with van der Waals surface area (Å²) >= 11 is -0.805. The van der Waals surface area contributed by atoms with E-state index in [4.69, 9.17) is 4.99 Å². The van der Waals surface area contributed by atoms with Crippen molar-refractivity contribution in [3.05, 3.63) is 71.8 Å². The third kappa shape index (κ3) is 5.16. The molecule has 0 heterocycles. The van der Waals surface area contributed by atoms with Gasteiger partial charge in [-0.1, -0.05) is 0 Å². The van der Waals surface area contributed by atoms with E-state index in [0.717, 1.165) is 20.6 Å². The number of aliphatic imine (C=N–C) groups is 1. The third-order valence-electron chi connectivity index (χ3n) is 3.70. The molecule has 0 spiro atoms. The number of allylic oxidation sites excluding steroid dienone is 1. The normalized spacial score (nSPS) is 11.4. The van der Waals surface area contributed by atoms with Crippen LogP contribution >= 0.6 is 0 Å². The number of para-hydroxylation sites is 1. The predicted octanol–water partition coefficient (Wildman–Crippen LogP) is 4.21. The molecule has 2 nitrogen and oxygen atoms in total. The second kappa shape index (κ2) is 8.97. The van der Waals surface area contributed by atoms with Crippen molar-refractivity contribution in [2.24, 2.45) is 4.99 Å². The first-order chi connectivity index (χ1) is 11.5. The maximum absolute atomic E-state index is 12.7. The molecule has 3 heteroatoms. The summed E-state index contributed by atoms with van der Waals surface area (Å²) in [5.74, 6) is 0.153. The number of aryl methyl sites for hydroxylation is 3. The van der Waals surface area contributed by atoms with E-state index in [1.54, 1.807) is 6.08 Å². The zero-order chi connectivity index (χ0) is 17.5. The average Bonchev–Trinajstić information content (AvgIpc) is 2.57. The fourth-order valence-electron chi connectivity index (χ4n) is 2.28. The van der Waals surface area contributed by atoms with Gasteiger partial charge < -0.3 is 0 Å². The molecule has 124 valence electrons. The Morgan fingerprint density at radius 1 is 1.08 bits per heavy atom. The van der Waals surface area contributed by atoms with Crippen LogP contribution in [0.4, 0.5) is 5.69 Å². The minimum absolute atomic E-state index is 0.153. The molecular weight excluding hydrogens is 410 g/mol. The number of carbonyl (C=O) groups excluding carboxylic acids is 1. The molecule has 0 radical (unpaired) electrons. The van der Waals surface area contributed by atoms with E-state index in [-0.39, 0.29) is 5.78 Å². The molecule has 24 heavy (non-hydrogen) atoms. The topological polar surface area (TPSA) is 29.4 Å². The summed E-state index contributed by atoms with van der Waals surface area (Å²) in [5.41, 5.74) is 4.40. The van der Waals surface area contributed by atoms with Crippen LogP contribution in [0, 0.1) is 20.8 Å². The first kappa shape index (κ1) is 18.6. The maximum atomic E-state index is 12.7. The second-order valence-corrected chi connectivity index (χ2v) is 8.85. The summed E-state index contributed by atoms with van der Waals surface area (Å²) in [6.45, 7) is 9.88. The van der Waals surface area contributed by atoms with E-state index in [1.807, 2.05) is 32.0 Å². The van der Waals surface area contributed by atoms with E-state index in [2.05, 4.69) is 37.8 Å². The van der Waals surface area contributed by atoms with E-state index in [9.17, 15) is 4.79 Å². The number of hydrogen-bond acceptors (Lipinski definition) is 2. The van der Waals surface area contributed by atoms with Gasteiger partial charge in [-0.15, -0.1) is 0 Å². The quantitative estimate of drug-likeness (QED) is 0.366. The first-order valence-corrected chi connectivity index (χ1v) is 10.4. The minimum atomic E-state index is -0.805. The number of ketones is 1. The molecule has 0 aromatic heterocycles. The standard InChI is InChI=1S/C21H23NOTe/c1-5-6-10-19(23)21(24-18-13-11-15(2)12-14-18)22-20-16(3)8-7-9-17(20)4/h5,7-9,11-14H,1,6,10H2,2-4H3. The number of hydrogen-bond donors (Lipinski definition) is 0. The van der Waals surface area contributed by atoms with Gasteiger partial charge >= 0.3 is 155 Å². The molecule has 0 N–H and O–H groups in total. The van der Waals surface area contributed by atoms with Gasteiger partial charge in [0, 0.05) is 0 Å². The average molecular weight is 433 g/mol. The van der Waals surface area contributed by atoms with Gasteiger partial charge in [0.15, 0.2) is 0 Å². The molecular formula is C21H23NOTe. The van der Waals surface area contributed by atoms with Crippen molar-refractivity contribution in [3.8, 4) is 0 Å². The van der Waals surface area contributed by atoms with Crippen LogP contribution in [-0.2, 0) is 4.79 Å². The Bertz CT molecular complexity index is 740. The van der Waals surface area contributed by atoms with Crippen LogP contribution < -0.4 is 3.61 Å². The SMILES string of the molecule is C=CCCC(=O)C(=Nc1c(C)cccc1C)[Te]c1ccc(C)cc1. The molecule has 0 saturated heterocycles. The van der Waals surface area contributed by atoms with Gasteiger partial charge in [0.1, 0.15) is 0 Å². The molecule has 0 fully saturated rings. The molecule has 0 aliphatic rings. The summed E-state index contributed by atoms with van der Waals surface area (Å²) in [6.07, 6.45) is 2.98. The van der Waals surface area contributed by atoms with Gasteiger partial charge in [-0.25, -0.2) is 0 Å². The molecule has 0 atom stereocenters. The van der Waals surface area contributed by atoms with E-state index in [0.29, 0.717) is 12.8 Å².